The summed E-state index contributed by atoms with van der Waals surface area (Å²) in [5.41, 5.74) is 0. The smallest absolute Gasteiger partial charge is 0.157 e. The maximum absolute atomic E-state index is 5.02. The van der Waals surface area contributed by atoms with Crippen LogP contribution >= 0.6 is 12.2 Å². The first kappa shape index (κ1) is 7.28. The third-order valence-corrected chi connectivity index (χ3v) is 1.12. The van der Waals surface area contributed by atoms with E-state index in [0.29, 0.717) is 11.7 Å². The lowest BCUT2D eigenvalue weighted by atomic mass is 10.5. The number of hydrogen-bond acceptors (Lipinski definition) is 3. The zero-order valence-corrected chi connectivity index (χ0v) is 6.48. The summed E-state index contributed by atoms with van der Waals surface area (Å²) in [6, 6.07) is 3.66. The summed E-state index contributed by atoms with van der Waals surface area (Å²) in [7, 11) is 0. The fourth-order valence-corrected chi connectivity index (χ4v) is 0.626. The van der Waals surface area contributed by atoms with Crippen LogP contribution in [0.3, 0.4) is 0 Å². The minimum atomic E-state index is 0.433. The maximum atomic E-state index is 5.02. The van der Waals surface area contributed by atoms with Gasteiger partial charge >= 0.3 is 0 Å². The molecule has 0 saturated carbocycles. The van der Waals surface area contributed by atoms with E-state index in [1.807, 2.05) is 12.1 Å². The normalized spacial score (nSPS) is 9.30. The summed E-state index contributed by atoms with van der Waals surface area (Å²) in [6.07, 6.45) is 1.61. The second kappa shape index (κ2) is 3.37. The number of hydrogen-bond donors (Lipinski definition) is 0. The highest BCUT2D eigenvalue weighted by molar-refractivity contribution is 7.80. The van der Waals surface area contributed by atoms with Crippen molar-refractivity contribution in [1.29, 1.82) is 0 Å². The molecular formula is C7H8O2S. The predicted molar refractivity (Wildman–Crippen MR) is 41.8 cm³/mol. The average molecular weight is 156 g/mol. The Morgan fingerprint density at radius 1 is 1.80 bits per heavy atom. The van der Waals surface area contributed by atoms with Gasteiger partial charge in [0.1, 0.15) is 12.4 Å². The van der Waals surface area contributed by atoms with Crippen molar-refractivity contribution in [3.63, 3.8) is 0 Å². The van der Waals surface area contributed by atoms with E-state index in [9.17, 15) is 0 Å². The molecule has 0 aromatic carbocycles. The van der Waals surface area contributed by atoms with Crippen molar-refractivity contribution in [2.75, 3.05) is 0 Å². The van der Waals surface area contributed by atoms with Crippen LogP contribution in [0.2, 0.25) is 0 Å². The Hall–Kier alpha value is -0.830. The molecule has 10 heavy (non-hydrogen) atoms. The molecule has 0 aliphatic heterocycles. The SMILES string of the molecule is CC(=S)OCc1ccco1. The molecule has 0 unspecified atom stereocenters. The molecule has 2 nitrogen and oxygen atoms in total. The standard InChI is InChI=1S/C7H8O2S/c1-6(10)9-5-7-3-2-4-8-7/h2-4H,5H2,1H3. The fourth-order valence-electron chi connectivity index (χ4n) is 0.567. The van der Waals surface area contributed by atoms with Crippen LogP contribution in [-0.2, 0) is 11.3 Å². The molecule has 1 rings (SSSR count). The van der Waals surface area contributed by atoms with Gasteiger partial charge in [0, 0.05) is 6.92 Å². The monoisotopic (exact) mass is 156 g/mol. The van der Waals surface area contributed by atoms with Crippen molar-refractivity contribution in [3.05, 3.63) is 24.2 Å². The summed E-state index contributed by atoms with van der Waals surface area (Å²) >= 11 is 4.70. The number of ether oxygens (including phenoxy) is 1. The molecule has 3 heteroatoms. The van der Waals surface area contributed by atoms with Gasteiger partial charge in [-0.3, -0.25) is 0 Å². The largest absolute Gasteiger partial charge is 0.479 e. The number of rotatable bonds is 2. The lowest BCUT2D eigenvalue weighted by molar-refractivity contribution is 0.263. The fraction of sp³-hybridized carbons (Fsp3) is 0.286. The minimum absolute atomic E-state index is 0.433. The van der Waals surface area contributed by atoms with E-state index in [-0.39, 0.29) is 0 Å². The van der Waals surface area contributed by atoms with Gasteiger partial charge in [0.25, 0.3) is 0 Å². The lowest BCUT2D eigenvalue weighted by Crippen LogP contribution is -1.94. The molecular weight excluding hydrogens is 148 g/mol. The van der Waals surface area contributed by atoms with Gasteiger partial charge in [-0.15, -0.1) is 0 Å². The molecule has 0 saturated heterocycles. The van der Waals surface area contributed by atoms with E-state index in [1.165, 1.54) is 0 Å². The van der Waals surface area contributed by atoms with Crippen molar-refractivity contribution < 1.29 is 9.15 Å². The Morgan fingerprint density at radius 3 is 3.10 bits per heavy atom. The highest BCUT2D eigenvalue weighted by Gasteiger charge is 1.94. The summed E-state index contributed by atoms with van der Waals surface area (Å²) in [5, 5.41) is 0.538. The van der Waals surface area contributed by atoms with Crippen molar-refractivity contribution in [3.8, 4) is 0 Å². The topological polar surface area (TPSA) is 22.4 Å². The highest BCUT2D eigenvalue weighted by atomic mass is 32.1. The van der Waals surface area contributed by atoms with Crippen LogP contribution in [0, 0.1) is 0 Å². The first-order valence-electron chi connectivity index (χ1n) is 2.95. The quantitative estimate of drug-likeness (QED) is 0.612. The number of thiocarbonyl (C=S) groups is 1. The molecule has 1 aromatic heterocycles. The molecule has 0 aliphatic rings. The van der Waals surface area contributed by atoms with Crippen molar-refractivity contribution >= 4 is 17.3 Å². The molecule has 0 radical (unpaired) electrons. The molecule has 0 bridgehead atoms. The van der Waals surface area contributed by atoms with E-state index >= 15 is 0 Å². The highest BCUT2D eigenvalue weighted by Crippen LogP contribution is 2.01. The average Bonchev–Trinajstić information content (AvgIpc) is 2.34. The Bertz CT molecular complexity index is 203. The van der Waals surface area contributed by atoms with Gasteiger partial charge in [-0.05, 0) is 24.4 Å². The van der Waals surface area contributed by atoms with E-state index in [1.54, 1.807) is 13.2 Å². The Kier molecular flexibility index (Phi) is 2.45. The summed E-state index contributed by atoms with van der Waals surface area (Å²) in [4.78, 5) is 0. The summed E-state index contributed by atoms with van der Waals surface area (Å²) in [5.74, 6) is 0.796. The van der Waals surface area contributed by atoms with Crippen LogP contribution in [0.1, 0.15) is 12.7 Å². The van der Waals surface area contributed by atoms with Crippen LogP contribution in [0.25, 0.3) is 0 Å². The van der Waals surface area contributed by atoms with E-state index in [2.05, 4.69) is 0 Å². The molecule has 0 atom stereocenters. The molecule has 1 aromatic rings. The maximum Gasteiger partial charge on any atom is 0.157 e. The molecule has 0 spiro atoms. The van der Waals surface area contributed by atoms with E-state index < -0.39 is 0 Å². The molecule has 0 N–H and O–H groups in total. The molecule has 1 heterocycles. The summed E-state index contributed by atoms with van der Waals surface area (Å²) < 4.78 is 10.0. The first-order chi connectivity index (χ1) is 4.79. The summed E-state index contributed by atoms with van der Waals surface area (Å²) in [6.45, 7) is 2.17. The van der Waals surface area contributed by atoms with Crippen molar-refractivity contribution in [2.24, 2.45) is 0 Å². The molecule has 0 amide bonds. The van der Waals surface area contributed by atoms with E-state index in [0.717, 1.165) is 5.76 Å². The van der Waals surface area contributed by atoms with Crippen LogP contribution in [0.4, 0.5) is 0 Å². The van der Waals surface area contributed by atoms with Crippen LogP contribution in [0.5, 0.6) is 0 Å². The zero-order chi connectivity index (χ0) is 7.40. The third-order valence-electron chi connectivity index (χ3n) is 0.998. The van der Waals surface area contributed by atoms with Gasteiger partial charge in [-0.25, -0.2) is 0 Å². The van der Waals surface area contributed by atoms with Gasteiger partial charge in [-0.2, -0.15) is 0 Å². The van der Waals surface area contributed by atoms with Gasteiger partial charge in [0.05, 0.1) is 6.26 Å². The van der Waals surface area contributed by atoms with Crippen LogP contribution in [0.15, 0.2) is 22.8 Å². The Morgan fingerprint density at radius 2 is 2.60 bits per heavy atom. The van der Waals surface area contributed by atoms with Crippen molar-refractivity contribution in [1.82, 2.24) is 0 Å². The Labute approximate surface area is 64.8 Å². The lowest BCUT2D eigenvalue weighted by Gasteiger charge is -1.98. The predicted octanol–water partition coefficient (Wildman–Crippen LogP) is 2.14. The number of furan rings is 1. The van der Waals surface area contributed by atoms with Gasteiger partial charge in [-0.1, -0.05) is 0 Å². The van der Waals surface area contributed by atoms with Gasteiger partial charge in [0.15, 0.2) is 5.05 Å². The first-order valence-corrected chi connectivity index (χ1v) is 3.35. The Balaban J connectivity index is 2.35. The van der Waals surface area contributed by atoms with Crippen molar-refractivity contribution in [2.45, 2.75) is 13.5 Å². The van der Waals surface area contributed by atoms with Crippen LogP contribution < -0.4 is 0 Å². The minimum Gasteiger partial charge on any atom is -0.479 e. The zero-order valence-electron chi connectivity index (χ0n) is 5.66. The molecule has 0 fully saturated rings. The third kappa shape index (κ3) is 2.19. The van der Waals surface area contributed by atoms with Crippen LogP contribution in [-0.4, -0.2) is 5.05 Å². The molecule has 0 aliphatic carbocycles. The second-order valence-electron chi connectivity index (χ2n) is 1.86. The van der Waals surface area contributed by atoms with E-state index in [4.69, 9.17) is 21.4 Å². The van der Waals surface area contributed by atoms with Gasteiger partial charge in [0.2, 0.25) is 0 Å². The second-order valence-corrected chi connectivity index (χ2v) is 2.43. The van der Waals surface area contributed by atoms with Gasteiger partial charge < -0.3 is 9.15 Å². The molecule has 54 valence electrons.